The van der Waals surface area contributed by atoms with Crippen LogP contribution < -0.4 is 0 Å². The fourth-order valence-electron chi connectivity index (χ4n) is 1.85. The molecular weight excluding hydrogens is 234 g/mol. The molecular formula is C13H22NO4+. The average molecular weight is 256 g/mol. The Morgan fingerprint density at radius 3 is 2.39 bits per heavy atom. The first-order valence-electron chi connectivity index (χ1n) is 5.96. The SMILES string of the molecule is C=CC1CC1(C(=O)OC)C(=O)OCC[N+](C)(C)C. The Hall–Kier alpha value is -1.36. The summed E-state index contributed by atoms with van der Waals surface area (Å²) in [5.41, 5.74) is -1.14. The van der Waals surface area contributed by atoms with Gasteiger partial charge in [-0.15, -0.1) is 6.58 Å². The van der Waals surface area contributed by atoms with Crippen molar-refractivity contribution in [2.75, 3.05) is 41.4 Å². The predicted molar refractivity (Wildman–Crippen MR) is 66.6 cm³/mol. The Morgan fingerprint density at radius 1 is 1.39 bits per heavy atom. The second-order valence-corrected chi connectivity index (χ2v) is 5.66. The number of likely N-dealkylation sites (N-methyl/N-ethyl adjacent to an activating group) is 1. The van der Waals surface area contributed by atoms with E-state index in [0.29, 0.717) is 24.1 Å². The van der Waals surface area contributed by atoms with E-state index in [4.69, 9.17) is 4.74 Å². The lowest BCUT2D eigenvalue weighted by Crippen LogP contribution is -2.39. The zero-order valence-corrected chi connectivity index (χ0v) is 11.6. The molecule has 0 aromatic heterocycles. The molecule has 5 nitrogen and oxygen atoms in total. The molecule has 1 rings (SSSR count). The topological polar surface area (TPSA) is 52.6 Å². The van der Waals surface area contributed by atoms with Gasteiger partial charge in [0.15, 0.2) is 5.41 Å². The number of rotatable bonds is 6. The van der Waals surface area contributed by atoms with Crippen molar-refractivity contribution in [1.82, 2.24) is 0 Å². The first-order chi connectivity index (χ1) is 8.28. The lowest BCUT2D eigenvalue weighted by atomic mass is 10.0. The van der Waals surface area contributed by atoms with Gasteiger partial charge in [-0.25, -0.2) is 0 Å². The fourth-order valence-corrected chi connectivity index (χ4v) is 1.85. The average Bonchev–Trinajstić information content (AvgIpc) is 3.01. The van der Waals surface area contributed by atoms with Gasteiger partial charge in [-0.05, 0) is 6.42 Å². The van der Waals surface area contributed by atoms with Crippen LogP contribution in [0.15, 0.2) is 12.7 Å². The van der Waals surface area contributed by atoms with Crippen LogP contribution in [0.2, 0.25) is 0 Å². The van der Waals surface area contributed by atoms with E-state index in [-0.39, 0.29) is 5.92 Å². The van der Waals surface area contributed by atoms with Crippen molar-refractivity contribution in [3.05, 3.63) is 12.7 Å². The molecule has 0 spiro atoms. The van der Waals surface area contributed by atoms with Gasteiger partial charge in [0.25, 0.3) is 0 Å². The van der Waals surface area contributed by atoms with Crippen LogP contribution in [-0.4, -0.2) is 57.8 Å². The number of ether oxygens (including phenoxy) is 2. The van der Waals surface area contributed by atoms with Gasteiger partial charge in [0.2, 0.25) is 0 Å². The Balaban J connectivity index is 2.59. The molecule has 0 bridgehead atoms. The second kappa shape index (κ2) is 5.10. The van der Waals surface area contributed by atoms with Crippen molar-refractivity contribution in [2.45, 2.75) is 6.42 Å². The van der Waals surface area contributed by atoms with E-state index in [2.05, 4.69) is 11.3 Å². The van der Waals surface area contributed by atoms with Crippen LogP contribution in [0.25, 0.3) is 0 Å². The molecule has 0 radical (unpaired) electrons. The van der Waals surface area contributed by atoms with Crippen LogP contribution in [-0.2, 0) is 19.1 Å². The summed E-state index contributed by atoms with van der Waals surface area (Å²) < 4.78 is 10.6. The molecule has 102 valence electrons. The van der Waals surface area contributed by atoms with Gasteiger partial charge in [0, 0.05) is 5.92 Å². The van der Waals surface area contributed by atoms with Gasteiger partial charge in [-0.1, -0.05) is 6.08 Å². The molecule has 0 aliphatic heterocycles. The first-order valence-corrected chi connectivity index (χ1v) is 5.96. The Kier molecular flexibility index (Phi) is 4.16. The standard InChI is InChI=1S/C13H22NO4/c1-6-10-9-13(10,11(15)17-5)12(16)18-8-7-14(2,3)4/h6,10H,1,7-9H2,2-5H3/q+1. The molecule has 0 N–H and O–H groups in total. The quantitative estimate of drug-likeness (QED) is 0.302. The summed E-state index contributed by atoms with van der Waals surface area (Å²) in [4.78, 5) is 23.7. The van der Waals surface area contributed by atoms with E-state index in [0.717, 1.165) is 0 Å². The third kappa shape index (κ3) is 2.90. The molecule has 1 aliphatic rings. The van der Waals surface area contributed by atoms with Crippen molar-refractivity contribution < 1.29 is 23.5 Å². The van der Waals surface area contributed by atoms with E-state index in [1.165, 1.54) is 7.11 Å². The Bertz CT molecular complexity index is 358. The maximum absolute atomic E-state index is 12.0. The first kappa shape index (κ1) is 14.7. The van der Waals surface area contributed by atoms with Crippen LogP contribution in [0.5, 0.6) is 0 Å². The van der Waals surface area contributed by atoms with Crippen molar-refractivity contribution >= 4 is 11.9 Å². The van der Waals surface area contributed by atoms with Crippen LogP contribution in [0.4, 0.5) is 0 Å². The summed E-state index contributed by atoms with van der Waals surface area (Å²) in [6.45, 7) is 4.61. The maximum Gasteiger partial charge on any atom is 0.324 e. The highest BCUT2D eigenvalue weighted by Crippen LogP contribution is 2.55. The number of methoxy groups -OCH3 is 1. The van der Waals surface area contributed by atoms with E-state index in [1.807, 2.05) is 21.1 Å². The molecule has 1 aliphatic carbocycles. The number of nitrogens with zero attached hydrogens (tertiary/aromatic N) is 1. The normalized spacial score (nSPS) is 26.3. The fraction of sp³-hybridized carbons (Fsp3) is 0.692. The molecule has 1 fully saturated rings. The van der Waals surface area contributed by atoms with Gasteiger partial charge < -0.3 is 14.0 Å². The van der Waals surface area contributed by atoms with Crippen LogP contribution in [0.1, 0.15) is 6.42 Å². The Labute approximate surface area is 108 Å². The minimum atomic E-state index is -1.14. The lowest BCUT2D eigenvalue weighted by molar-refractivity contribution is -0.870. The molecule has 2 unspecified atom stereocenters. The molecule has 0 saturated heterocycles. The van der Waals surface area contributed by atoms with Crippen molar-refractivity contribution in [2.24, 2.45) is 11.3 Å². The zero-order chi connectivity index (χ0) is 14.0. The summed E-state index contributed by atoms with van der Waals surface area (Å²) in [7, 11) is 7.30. The highest BCUT2D eigenvalue weighted by Gasteiger charge is 2.66. The molecule has 0 heterocycles. The summed E-state index contributed by atoms with van der Waals surface area (Å²) >= 11 is 0. The lowest BCUT2D eigenvalue weighted by Gasteiger charge is -2.24. The van der Waals surface area contributed by atoms with Gasteiger partial charge in [0.1, 0.15) is 13.2 Å². The zero-order valence-electron chi connectivity index (χ0n) is 11.6. The number of allylic oxidation sites excluding steroid dienone is 1. The minimum Gasteiger partial charge on any atom is -0.468 e. The van der Waals surface area contributed by atoms with E-state index in [1.54, 1.807) is 6.08 Å². The number of quaternary nitrogens is 1. The third-order valence-electron chi connectivity index (χ3n) is 3.21. The maximum atomic E-state index is 12.0. The molecule has 1 saturated carbocycles. The van der Waals surface area contributed by atoms with Crippen LogP contribution in [0, 0.1) is 11.3 Å². The number of hydrogen-bond donors (Lipinski definition) is 0. The third-order valence-corrected chi connectivity index (χ3v) is 3.21. The van der Waals surface area contributed by atoms with E-state index in [9.17, 15) is 9.59 Å². The minimum absolute atomic E-state index is 0.165. The van der Waals surface area contributed by atoms with Gasteiger partial charge in [-0.2, -0.15) is 0 Å². The smallest absolute Gasteiger partial charge is 0.324 e. The van der Waals surface area contributed by atoms with Crippen molar-refractivity contribution in [3.63, 3.8) is 0 Å². The van der Waals surface area contributed by atoms with E-state index < -0.39 is 17.4 Å². The van der Waals surface area contributed by atoms with Gasteiger partial charge >= 0.3 is 11.9 Å². The largest absolute Gasteiger partial charge is 0.468 e. The molecule has 0 amide bonds. The molecule has 0 aromatic carbocycles. The van der Waals surface area contributed by atoms with Gasteiger partial charge in [-0.3, -0.25) is 9.59 Å². The number of esters is 2. The summed E-state index contributed by atoms with van der Waals surface area (Å²) in [6, 6.07) is 0. The Morgan fingerprint density at radius 2 is 2.00 bits per heavy atom. The highest BCUT2D eigenvalue weighted by molar-refractivity contribution is 6.04. The van der Waals surface area contributed by atoms with Crippen molar-refractivity contribution in [3.8, 4) is 0 Å². The second-order valence-electron chi connectivity index (χ2n) is 5.66. The summed E-state index contributed by atoms with van der Waals surface area (Å²) in [6.07, 6.45) is 2.05. The van der Waals surface area contributed by atoms with E-state index >= 15 is 0 Å². The number of carbonyl (C=O) groups is 2. The number of hydrogen-bond acceptors (Lipinski definition) is 4. The van der Waals surface area contributed by atoms with Crippen molar-refractivity contribution in [1.29, 1.82) is 0 Å². The predicted octanol–water partition coefficient (Wildman–Crippen LogP) is 0.601. The van der Waals surface area contributed by atoms with Gasteiger partial charge in [0.05, 0.1) is 28.3 Å². The summed E-state index contributed by atoms with van der Waals surface area (Å²) in [5, 5.41) is 0. The molecule has 18 heavy (non-hydrogen) atoms. The summed E-state index contributed by atoms with van der Waals surface area (Å²) in [5.74, 6) is -1.18. The van der Waals surface area contributed by atoms with Crippen LogP contribution >= 0.6 is 0 Å². The highest BCUT2D eigenvalue weighted by atomic mass is 16.6. The monoisotopic (exact) mass is 256 g/mol. The molecule has 2 atom stereocenters. The van der Waals surface area contributed by atoms with Crippen LogP contribution in [0.3, 0.4) is 0 Å². The molecule has 5 heteroatoms. The number of carbonyl (C=O) groups excluding carboxylic acids is 2. The molecule has 0 aromatic rings.